The number of rotatable bonds is 4. The number of aromatic amines is 1. The molecular formula is C19H23N5O. The quantitative estimate of drug-likeness (QED) is 0.795. The minimum absolute atomic E-state index is 0.119. The van der Waals surface area contributed by atoms with Gasteiger partial charge < -0.3 is 4.98 Å². The molecule has 0 unspecified atom stereocenters. The second-order valence-corrected chi connectivity index (χ2v) is 6.79. The van der Waals surface area contributed by atoms with Crippen LogP contribution in [-0.2, 0) is 6.54 Å². The monoisotopic (exact) mass is 337 g/mol. The van der Waals surface area contributed by atoms with Crippen molar-refractivity contribution in [3.8, 4) is 5.69 Å². The van der Waals surface area contributed by atoms with Crippen LogP contribution in [-0.4, -0.2) is 37.7 Å². The van der Waals surface area contributed by atoms with Crippen molar-refractivity contribution >= 4 is 11.0 Å². The molecule has 0 aliphatic carbocycles. The van der Waals surface area contributed by atoms with Crippen molar-refractivity contribution in [2.75, 3.05) is 13.1 Å². The Kier molecular flexibility index (Phi) is 4.36. The zero-order valence-electron chi connectivity index (χ0n) is 14.5. The molecule has 0 bridgehead atoms. The molecule has 3 aromatic rings. The number of H-pyrrole nitrogens is 1. The molecule has 25 heavy (non-hydrogen) atoms. The van der Waals surface area contributed by atoms with Crippen molar-refractivity contribution in [1.29, 1.82) is 0 Å². The van der Waals surface area contributed by atoms with Crippen LogP contribution < -0.4 is 5.56 Å². The van der Waals surface area contributed by atoms with Gasteiger partial charge in [0.2, 0.25) is 0 Å². The molecule has 1 aliphatic heterocycles. The summed E-state index contributed by atoms with van der Waals surface area (Å²) in [4.78, 5) is 22.5. The van der Waals surface area contributed by atoms with E-state index in [0.717, 1.165) is 24.7 Å². The first-order chi connectivity index (χ1) is 12.2. The summed E-state index contributed by atoms with van der Waals surface area (Å²) in [6, 6.07) is 9.80. The van der Waals surface area contributed by atoms with E-state index in [2.05, 4.69) is 21.9 Å². The van der Waals surface area contributed by atoms with E-state index in [9.17, 15) is 4.79 Å². The number of nitrogens with zero attached hydrogens (tertiary/aromatic N) is 4. The largest absolute Gasteiger partial charge is 0.309 e. The Morgan fingerprint density at radius 1 is 1.28 bits per heavy atom. The molecule has 6 nitrogen and oxygen atoms in total. The molecule has 1 atom stereocenters. The lowest BCUT2D eigenvalue weighted by atomic mass is 9.96. The summed E-state index contributed by atoms with van der Waals surface area (Å²) < 4.78 is 1.74. The van der Waals surface area contributed by atoms with Crippen molar-refractivity contribution in [2.45, 2.75) is 32.7 Å². The lowest BCUT2D eigenvalue weighted by Gasteiger charge is -2.31. The van der Waals surface area contributed by atoms with Gasteiger partial charge in [-0.05, 0) is 37.4 Å². The number of hydrogen-bond donors (Lipinski definition) is 1. The third kappa shape index (κ3) is 3.22. The number of hydrogen-bond acceptors (Lipinski definition) is 4. The summed E-state index contributed by atoms with van der Waals surface area (Å²) in [6.07, 6.45) is 5.32. The first kappa shape index (κ1) is 16.0. The maximum Gasteiger partial charge on any atom is 0.262 e. The molecule has 1 N–H and O–H groups in total. The van der Waals surface area contributed by atoms with Crippen molar-refractivity contribution < 1.29 is 0 Å². The van der Waals surface area contributed by atoms with Gasteiger partial charge in [-0.15, -0.1) is 0 Å². The summed E-state index contributed by atoms with van der Waals surface area (Å²) in [5.41, 5.74) is 1.41. The van der Waals surface area contributed by atoms with Gasteiger partial charge in [-0.2, -0.15) is 5.10 Å². The van der Waals surface area contributed by atoms with E-state index in [1.54, 1.807) is 10.9 Å². The van der Waals surface area contributed by atoms with Crippen molar-refractivity contribution in [2.24, 2.45) is 5.92 Å². The van der Waals surface area contributed by atoms with Gasteiger partial charge >= 0.3 is 0 Å². The topological polar surface area (TPSA) is 66.8 Å². The Morgan fingerprint density at radius 3 is 2.92 bits per heavy atom. The van der Waals surface area contributed by atoms with Gasteiger partial charge in [-0.3, -0.25) is 9.69 Å². The number of piperidine rings is 1. The van der Waals surface area contributed by atoms with Crippen LogP contribution in [0.3, 0.4) is 0 Å². The molecule has 0 saturated carbocycles. The molecule has 4 rings (SSSR count). The lowest BCUT2D eigenvalue weighted by Crippen LogP contribution is -2.35. The predicted molar refractivity (Wildman–Crippen MR) is 97.8 cm³/mol. The SMILES string of the molecule is CC[C@@H]1CCCN(Cc2nc3c(cnn3-c3ccccc3)c(=O)[nH]2)C1. The number of fused-ring (bicyclic) bond motifs is 1. The van der Waals surface area contributed by atoms with Crippen molar-refractivity contribution in [3.05, 3.63) is 52.7 Å². The molecule has 0 amide bonds. The fraction of sp³-hybridized carbons (Fsp3) is 0.421. The van der Waals surface area contributed by atoms with Gasteiger partial charge in [0, 0.05) is 6.54 Å². The van der Waals surface area contributed by atoms with Gasteiger partial charge in [0.25, 0.3) is 5.56 Å². The zero-order chi connectivity index (χ0) is 17.2. The van der Waals surface area contributed by atoms with Crippen molar-refractivity contribution in [1.82, 2.24) is 24.6 Å². The number of likely N-dealkylation sites (tertiary alicyclic amines) is 1. The van der Waals surface area contributed by atoms with Crippen LogP contribution in [0.25, 0.3) is 16.7 Å². The first-order valence-electron chi connectivity index (χ1n) is 8.99. The Bertz CT molecular complexity index is 914. The Hall–Kier alpha value is -2.47. The van der Waals surface area contributed by atoms with Gasteiger partial charge in [-0.1, -0.05) is 31.5 Å². The number of para-hydroxylation sites is 1. The van der Waals surface area contributed by atoms with E-state index in [1.165, 1.54) is 19.3 Å². The average molecular weight is 337 g/mol. The van der Waals surface area contributed by atoms with E-state index in [-0.39, 0.29) is 5.56 Å². The predicted octanol–water partition coefficient (Wildman–Crippen LogP) is 2.73. The molecule has 6 heteroatoms. The van der Waals surface area contributed by atoms with Crippen molar-refractivity contribution in [3.63, 3.8) is 0 Å². The fourth-order valence-corrected chi connectivity index (χ4v) is 3.64. The van der Waals surface area contributed by atoms with E-state index in [1.807, 2.05) is 30.3 Å². The second-order valence-electron chi connectivity index (χ2n) is 6.79. The van der Waals surface area contributed by atoms with Crippen LogP contribution in [0, 0.1) is 5.92 Å². The third-order valence-corrected chi connectivity index (χ3v) is 5.04. The Labute approximate surface area is 146 Å². The first-order valence-corrected chi connectivity index (χ1v) is 8.99. The molecular weight excluding hydrogens is 314 g/mol. The number of benzene rings is 1. The summed E-state index contributed by atoms with van der Waals surface area (Å²) in [5.74, 6) is 1.46. The number of aromatic nitrogens is 4. The molecule has 1 saturated heterocycles. The molecule has 1 aromatic carbocycles. The van der Waals surface area contributed by atoms with Gasteiger partial charge in [0.15, 0.2) is 5.65 Å². The molecule has 1 fully saturated rings. The normalized spacial score (nSPS) is 18.7. The van der Waals surface area contributed by atoms with Crippen LogP contribution in [0.15, 0.2) is 41.3 Å². The molecule has 3 heterocycles. The third-order valence-electron chi connectivity index (χ3n) is 5.04. The second kappa shape index (κ2) is 6.80. The summed E-state index contributed by atoms with van der Waals surface area (Å²) >= 11 is 0. The van der Waals surface area contributed by atoms with Crippen LogP contribution >= 0.6 is 0 Å². The standard InChI is InChI=1S/C19H23N5O/c1-2-14-7-6-10-23(12-14)13-17-21-18-16(19(25)22-17)11-20-24(18)15-8-4-3-5-9-15/h3-5,8-9,11,14H,2,6-7,10,12-13H2,1H3,(H,21,22,25)/t14-/m1/s1. The summed E-state index contributed by atoms with van der Waals surface area (Å²) in [7, 11) is 0. The fourth-order valence-electron chi connectivity index (χ4n) is 3.64. The molecule has 0 spiro atoms. The van der Waals surface area contributed by atoms with Gasteiger partial charge in [0.1, 0.15) is 11.2 Å². The number of nitrogens with one attached hydrogen (secondary N) is 1. The lowest BCUT2D eigenvalue weighted by molar-refractivity contribution is 0.161. The Morgan fingerprint density at radius 2 is 2.12 bits per heavy atom. The molecule has 0 radical (unpaired) electrons. The highest BCUT2D eigenvalue weighted by molar-refractivity contribution is 5.75. The average Bonchev–Trinajstić information content (AvgIpc) is 3.07. The molecule has 1 aliphatic rings. The van der Waals surface area contributed by atoms with Crippen LogP contribution in [0.1, 0.15) is 32.0 Å². The summed E-state index contributed by atoms with van der Waals surface area (Å²) in [6.45, 7) is 5.08. The van der Waals surface area contributed by atoms with E-state index in [0.29, 0.717) is 23.4 Å². The molecule has 2 aromatic heterocycles. The maximum absolute atomic E-state index is 12.4. The Balaban J connectivity index is 1.68. The smallest absolute Gasteiger partial charge is 0.262 e. The van der Waals surface area contributed by atoms with E-state index >= 15 is 0 Å². The summed E-state index contributed by atoms with van der Waals surface area (Å²) in [5, 5.41) is 4.89. The zero-order valence-corrected chi connectivity index (χ0v) is 14.5. The van der Waals surface area contributed by atoms with Gasteiger partial charge in [-0.25, -0.2) is 9.67 Å². The van der Waals surface area contributed by atoms with E-state index in [4.69, 9.17) is 4.98 Å². The van der Waals surface area contributed by atoms with Crippen LogP contribution in [0.4, 0.5) is 0 Å². The highest BCUT2D eigenvalue weighted by Crippen LogP contribution is 2.20. The maximum atomic E-state index is 12.4. The van der Waals surface area contributed by atoms with Gasteiger partial charge in [0.05, 0.1) is 18.4 Å². The minimum Gasteiger partial charge on any atom is -0.309 e. The van der Waals surface area contributed by atoms with E-state index < -0.39 is 0 Å². The highest BCUT2D eigenvalue weighted by Gasteiger charge is 2.20. The highest BCUT2D eigenvalue weighted by atomic mass is 16.1. The molecule has 130 valence electrons. The van der Waals surface area contributed by atoms with Crippen LogP contribution in [0.5, 0.6) is 0 Å². The minimum atomic E-state index is -0.119. The van der Waals surface area contributed by atoms with Crippen LogP contribution in [0.2, 0.25) is 0 Å².